The Bertz CT molecular complexity index is 1280. The lowest BCUT2D eigenvalue weighted by Crippen LogP contribution is -2.11. The Labute approximate surface area is 163 Å². The lowest BCUT2D eigenvalue weighted by atomic mass is 10.1. The van der Waals surface area contributed by atoms with Crippen LogP contribution in [-0.4, -0.2) is 29.5 Å². The number of fused-ring (bicyclic) bond motifs is 1. The van der Waals surface area contributed by atoms with E-state index in [4.69, 9.17) is 16.7 Å². The topological polar surface area (TPSA) is 108 Å². The molecule has 2 heterocycles. The van der Waals surface area contributed by atoms with Gasteiger partial charge >= 0.3 is 0 Å². The van der Waals surface area contributed by atoms with Crippen molar-refractivity contribution < 1.29 is 13.2 Å². The molecular formula is C17H11ClN4O3S2. The van der Waals surface area contributed by atoms with Crippen LogP contribution in [0.3, 0.4) is 0 Å². The molecule has 0 atom stereocenters. The van der Waals surface area contributed by atoms with E-state index in [9.17, 15) is 13.2 Å². The fourth-order valence-electron chi connectivity index (χ4n) is 2.57. The molecule has 0 aliphatic carbocycles. The van der Waals surface area contributed by atoms with Gasteiger partial charge in [0.25, 0.3) is 0 Å². The molecule has 0 amide bonds. The lowest BCUT2D eigenvalue weighted by Gasteiger charge is -1.98. The van der Waals surface area contributed by atoms with Crippen LogP contribution >= 0.6 is 22.9 Å². The molecular weight excluding hydrogens is 408 g/mol. The maximum Gasteiger partial charge on any atom is 0.238 e. The Hall–Kier alpha value is -2.59. The lowest BCUT2D eigenvalue weighted by molar-refractivity contribution is 0.112. The normalized spacial score (nSPS) is 11.8. The predicted molar refractivity (Wildman–Crippen MR) is 104 cm³/mol. The maximum atomic E-state index is 11.5. The molecule has 0 spiro atoms. The van der Waals surface area contributed by atoms with Gasteiger partial charge in [0.1, 0.15) is 5.69 Å². The Morgan fingerprint density at radius 2 is 1.89 bits per heavy atom. The first-order valence-corrected chi connectivity index (χ1v) is 10.3. The van der Waals surface area contributed by atoms with Crippen LogP contribution in [-0.2, 0) is 10.0 Å². The zero-order valence-electron chi connectivity index (χ0n) is 13.5. The molecule has 0 unspecified atom stereocenters. The highest BCUT2D eigenvalue weighted by atomic mass is 35.5. The number of primary sulfonamides is 1. The Morgan fingerprint density at radius 1 is 1.15 bits per heavy atom. The summed E-state index contributed by atoms with van der Waals surface area (Å²) in [5, 5.41) is 10.7. The van der Waals surface area contributed by atoms with E-state index in [1.54, 1.807) is 36.5 Å². The summed E-state index contributed by atoms with van der Waals surface area (Å²) in [5.41, 5.74) is 2.27. The van der Waals surface area contributed by atoms with Gasteiger partial charge in [0.2, 0.25) is 15.2 Å². The van der Waals surface area contributed by atoms with E-state index in [1.165, 1.54) is 28.2 Å². The van der Waals surface area contributed by atoms with Crippen LogP contribution in [0.15, 0.2) is 53.6 Å². The highest BCUT2D eigenvalue weighted by Crippen LogP contribution is 2.29. The van der Waals surface area contributed by atoms with Gasteiger partial charge in [-0.05, 0) is 30.3 Å². The molecule has 2 N–H and O–H groups in total. The van der Waals surface area contributed by atoms with Crippen molar-refractivity contribution >= 4 is 49.5 Å². The second-order valence-electron chi connectivity index (χ2n) is 5.67. The minimum atomic E-state index is -3.80. The second kappa shape index (κ2) is 6.54. The number of thiazole rings is 1. The van der Waals surface area contributed by atoms with Crippen molar-refractivity contribution in [2.75, 3.05) is 0 Å². The molecule has 4 aromatic rings. The van der Waals surface area contributed by atoms with Crippen LogP contribution in [0.5, 0.6) is 0 Å². The first-order chi connectivity index (χ1) is 12.8. The van der Waals surface area contributed by atoms with Gasteiger partial charge < -0.3 is 0 Å². The summed E-state index contributed by atoms with van der Waals surface area (Å²) in [5.74, 6) is 0. The molecule has 7 nitrogen and oxygen atoms in total. The standard InChI is InChI=1S/C17H11ClN4O3S2/c18-12-3-1-10(2-4-12)16-11(9-23)8-22(21-16)17-20-14-6-5-13(27(19,24)25)7-15(14)26-17/h1-9H,(H2,19,24,25). The zero-order chi connectivity index (χ0) is 19.2. The van der Waals surface area contributed by atoms with E-state index in [0.717, 1.165) is 11.8 Å². The average Bonchev–Trinajstić information content (AvgIpc) is 3.24. The molecule has 0 fully saturated rings. The van der Waals surface area contributed by atoms with E-state index in [2.05, 4.69) is 10.1 Å². The number of carbonyl (C=O) groups is 1. The zero-order valence-corrected chi connectivity index (χ0v) is 15.9. The summed E-state index contributed by atoms with van der Waals surface area (Å²) in [6, 6.07) is 11.4. The molecule has 27 heavy (non-hydrogen) atoms. The van der Waals surface area contributed by atoms with Gasteiger partial charge in [0.05, 0.1) is 20.7 Å². The molecule has 0 saturated heterocycles. The third-order valence-corrected chi connectivity index (χ3v) is 6.03. The van der Waals surface area contributed by atoms with Crippen molar-refractivity contribution in [3.8, 4) is 16.4 Å². The van der Waals surface area contributed by atoms with Crippen molar-refractivity contribution in [3.63, 3.8) is 0 Å². The Kier molecular flexibility index (Phi) is 4.31. The number of hydrogen-bond acceptors (Lipinski definition) is 6. The molecule has 0 saturated carbocycles. The summed E-state index contributed by atoms with van der Waals surface area (Å²) in [6.07, 6.45) is 2.30. The first-order valence-electron chi connectivity index (χ1n) is 7.60. The van der Waals surface area contributed by atoms with Gasteiger partial charge in [-0.15, -0.1) is 0 Å². The number of aldehydes is 1. The molecule has 0 aliphatic rings. The van der Waals surface area contributed by atoms with Gasteiger partial charge in [-0.25, -0.2) is 23.2 Å². The van der Waals surface area contributed by atoms with Crippen molar-refractivity contribution in [3.05, 3.63) is 59.2 Å². The number of aromatic nitrogens is 3. The number of nitrogens with two attached hydrogens (primary N) is 1. The van der Waals surface area contributed by atoms with E-state index < -0.39 is 10.0 Å². The van der Waals surface area contributed by atoms with Crippen LogP contribution in [0, 0.1) is 0 Å². The van der Waals surface area contributed by atoms with Crippen molar-refractivity contribution in [1.82, 2.24) is 14.8 Å². The largest absolute Gasteiger partial charge is 0.298 e. The van der Waals surface area contributed by atoms with E-state index in [-0.39, 0.29) is 4.90 Å². The summed E-state index contributed by atoms with van der Waals surface area (Å²) >= 11 is 7.15. The highest BCUT2D eigenvalue weighted by molar-refractivity contribution is 7.89. The molecule has 136 valence electrons. The minimum Gasteiger partial charge on any atom is -0.298 e. The van der Waals surface area contributed by atoms with E-state index >= 15 is 0 Å². The first kappa shape index (κ1) is 17.8. The van der Waals surface area contributed by atoms with Gasteiger partial charge in [-0.3, -0.25) is 4.79 Å². The van der Waals surface area contributed by atoms with Gasteiger partial charge in [-0.1, -0.05) is 35.1 Å². The number of carbonyl (C=O) groups excluding carboxylic acids is 1. The highest BCUT2D eigenvalue weighted by Gasteiger charge is 2.16. The average molecular weight is 419 g/mol. The van der Waals surface area contributed by atoms with E-state index in [0.29, 0.717) is 31.6 Å². The summed E-state index contributed by atoms with van der Waals surface area (Å²) in [4.78, 5) is 15.9. The summed E-state index contributed by atoms with van der Waals surface area (Å²) < 4.78 is 25.2. The van der Waals surface area contributed by atoms with Crippen LogP contribution in [0.4, 0.5) is 0 Å². The summed E-state index contributed by atoms with van der Waals surface area (Å²) in [7, 11) is -3.80. The number of hydrogen-bond donors (Lipinski definition) is 1. The summed E-state index contributed by atoms with van der Waals surface area (Å²) in [6.45, 7) is 0. The van der Waals surface area contributed by atoms with Crippen molar-refractivity contribution in [1.29, 1.82) is 0 Å². The van der Waals surface area contributed by atoms with Crippen LogP contribution < -0.4 is 5.14 Å². The number of benzene rings is 2. The molecule has 0 bridgehead atoms. The Morgan fingerprint density at radius 3 is 2.56 bits per heavy atom. The van der Waals surface area contributed by atoms with Gasteiger partial charge in [-0.2, -0.15) is 5.10 Å². The fourth-order valence-corrected chi connectivity index (χ4v) is 4.24. The van der Waals surface area contributed by atoms with Crippen LogP contribution in [0.1, 0.15) is 10.4 Å². The minimum absolute atomic E-state index is 0.0149. The van der Waals surface area contributed by atoms with Crippen molar-refractivity contribution in [2.24, 2.45) is 5.14 Å². The van der Waals surface area contributed by atoms with Gasteiger partial charge in [0.15, 0.2) is 6.29 Å². The molecule has 2 aromatic carbocycles. The van der Waals surface area contributed by atoms with Crippen molar-refractivity contribution in [2.45, 2.75) is 4.90 Å². The number of sulfonamides is 1. The number of nitrogens with zero attached hydrogens (tertiary/aromatic N) is 3. The smallest absolute Gasteiger partial charge is 0.238 e. The molecule has 10 heteroatoms. The third kappa shape index (κ3) is 3.37. The number of rotatable bonds is 4. The van der Waals surface area contributed by atoms with Crippen LogP contribution in [0.2, 0.25) is 5.02 Å². The third-order valence-electron chi connectivity index (χ3n) is 3.86. The molecule has 4 rings (SSSR count). The second-order valence-corrected chi connectivity index (χ2v) is 8.68. The van der Waals surface area contributed by atoms with E-state index in [1.807, 2.05) is 0 Å². The molecule has 0 aliphatic heterocycles. The SMILES string of the molecule is NS(=O)(=O)c1ccc2nc(-n3cc(C=O)c(-c4ccc(Cl)cc4)n3)sc2c1. The Balaban J connectivity index is 1.81. The van der Waals surface area contributed by atoms with Crippen LogP contribution in [0.25, 0.3) is 26.6 Å². The van der Waals surface area contributed by atoms with Gasteiger partial charge in [0, 0.05) is 16.8 Å². The quantitative estimate of drug-likeness (QED) is 0.511. The monoisotopic (exact) mass is 418 g/mol. The fraction of sp³-hybridized carbons (Fsp3) is 0. The maximum absolute atomic E-state index is 11.5. The number of halogens is 1. The molecule has 2 aromatic heterocycles. The molecule has 0 radical (unpaired) electrons. The predicted octanol–water partition coefficient (Wildman–Crippen LogP) is 3.26.